The summed E-state index contributed by atoms with van der Waals surface area (Å²) in [5.41, 5.74) is 5.62. The zero-order valence-electron chi connectivity index (χ0n) is 18.5. The van der Waals surface area contributed by atoms with Gasteiger partial charge in [0.25, 0.3) is 0 Å². The molecule has 0 aliphatic carbocycles. The molecule has 158 valence electrons. The van der Waals surface area contributed by atoms with Gasteiger partial charge in [0.1, 0.15) is 0 Å². The van der Waals surface area contributed by atoms with E-state index in [1.54, 1.807) is 11.8 Å². The van der Waals surface area contributed by atoms with Crippen molar-refractivity contribution in [1.29, 1.82) is 0 Å². The van der Waals surface area contributed by atoms with Gasteiger partial charge in [0.05, 0.1) is 11.4 Å². The predicted octanol–water partition coefficient (Wildman–Crippen LogP) is 6.36. The van der Waals surface area contributed by atoms with E-state index in [1.165, 1.54) is 22.5 Å². The predicted molar refractivity (Wildman–Crippen MR) is 127 cm³/mol. The maximum atomic E-state index is 12.4. The molecule has 3 aromatic rings. The number of rotatable bonds is 8. The van der Waals surface area contributed by atoms with Crippen LogP contribution < -0.4 is 10.2 Å². The number of anilines is 2. The second kappa shape index (κ2) is 10.0. The normalized spacial score (nSPS) is 12.2. The van der Waals surface area contributed by atoms with Gasteiger partial charge in [-0.2, -0.15) is 0 Å². The number of aromatic nitrogens is 1. The van der Waals surface area contributed by atoms with Crippen molar-refractivity contribution < 1.29 is 4.79 Å². The smallest absolute Gasteiger partial charge is 0.230 e. The number of hydrogen-bond acceptors (Lipinski definition) is 4. The van der Waals surface area contributed by atoms with Crippen molar-refractivity contribution in [3.63, 3.8) is 0 Å². The summed E-state index contributed by atoms with van der Waals surface area (Å²) < 4.78 is 0. The fourth-order valence-corrected chi connectivity index (χ4v) is 4.34. The molecule has 0 aliphatic heterocycles. The molecule has 1 aromatic heterocycles. The van der Waals surface area contributed by atoms with Crippen molar-refractivity contribution >= 4 is 28.1 Å². The molecule has 30 heavy (non-hydrogen) atoms. The molecule has 5 heteroatoms. The molecule has 1 amide bonds. The summed E-state index contributed by atoms with van der Waals surface area (Å²) in [4.78, 5) is 18.9. The molecule has 0 spiro atoms. The number of amides is 1. The zero-order valence-corrected chi connectivity index (χ0v) is 19.3. The molecule has 1 heterocycles. The van der Waals surface area contributed by atoms with E-state index in [1.807, 2.05) is 23.6 Å². The van der Waals surface area contributed by atoms with Crippen LogP contribution in [0.2, 0.25) is 0 Å². The number of hydrogen-bond donors (Lipinski definition) is 1. The van der Waals surface area contributed by atoms with E-state index in [-0.39, 0.29) is 11.9 Å². The summed E-state index contributed by atoms with van der Waals surface area (Å²) in [6.45, 7) is 10.9. The van der Waals surface area contributed by atoms with Crippen LogP contribution in [0.15, 0.2) is 53.9 Å². The number of aryl methyl sites for hydroxylation is 1. The van der Waals surface area contributed by atoms with Gasteiger partial charge >= 0.3 is 0 Å². The first-order valence-electron chi connectivity index (χ1n) is 10.6. The highest BCUT2D eigenvalue weighted by Crippen LogP contribution is 2.32. The van der Waals surface area contributed by atoms with E-state index in [0.717, 1.165) is 23.4 Å². The first kappa shape index (κ1) is 22.2. The van der Waals surface area contributed by atoms with E-state index in [0.29, 0.717) is 17.6 Å². The van der Waals surface area contributed by atoms with Gasteiger partial charge in [-0.3, -0.25) is 9.69 Å². The standard InChI is InChI=1S/C25H31N3OS/c1-6-20-9-7-8-10-24(20)28(19(5)29)25-27-23(16-30-25)15-26-18(4)22-13-11-21(12-14-22)17(2)3/h7-14,16-18,26H,6,15H2,1-5H3. The molecule has 0 bridgehead atoms. The van der Waals surface area contributed by atoms with Gasteiger partial charge in [-0.15, -0.1) is 11.3 Å². The third kappa shape index (κ3) is 5.15. The van der Waals surface area contributed by atoms with Crippen molar-refractivity contribution in [1.82, 2.24) is 10.3 Å². The highest BCUT2D eigenvalue weighted by Gasteiger charge is 2.20. The van der Waals surface area contributed by atoms with E-state index in [2.05, 4.69) is 63.3 Å². The third-order valence-corrected chi connectivity index (χ3v) is 6.23. The highest BCUT2D eigenvalue weighted by atomic mass is 32.1. The number of nitrogens with one attached hydrogen (secondary N) is 1. The van der Waals surface area contributed by atoms with Crippen LogP contribution in [0, 0.1) is 0 Å². The van der Waals surface area contributed by atoms with E-state index in [9.17, 15) is 4.79 Å². The van der Waals surface area contributed by atoms with Crippen LogP contribution in [0.5, 0.6) is 0 Å². The molecule has 0 fully saturated rings. The number of benzene rings is 2. The molecule has 0 radical (unpaired) electrons. The van der Waals surface area contributed by atoms with Crippen LogP contribution in [-0.2, 0) is 17.8 Å². The van der Waals surface area contributed by atoms with Gasteiger partial charge in [0.15, 0.2) is 5.13 Å². The summed E-state index contributed by atoms with van der Waals surface area (Å²) >= 11 is 1.51. The summed E-state index contributed by atoms with van der Waals surface area (Å²) in [7, 11) is 0. The van der Waals surface area contributed by atoms with Gasteiger partial charge in [-0.05, 0) is 42.0 Å². The number of thiazole rings is 1. The molecule has 1 atom stereocenters. The Morgan fingerprint density at radius 2 is 1.73 bits per heavy atom. The second-order valence-electron chi connectivity index (χ2n) is 7.88. The van der Waals surface area contributed by atoms with E-state index in [4.69, 9.17) is 4.98 Å². The summed E-state index contributed by atoms with van der Waals surface area (Å²) in [5, 5.41) is 6.29. The molecule has 0 aliphatic rings. The molecule has 1 N–H and O–H groups in total. The van der Waals surface area contributed by atoms with Crippen LogP contribution in [-0.4, -0.2) is 10.9 Å². The van der Waals surface area contributed by atoms with Crippen molar-refractivity contribution in [2.75, 3.05) is 4.90 Å². The number of para-hydroxylation sites is 1. The lowest BCUT2D eigenvalue weighted by Crippen LogP contribution is -2.24. The van der Waals surface area contributed by atoms with Gasteiger partial charge in [-0.1, -0.05) is 63.2 Å². The maximum absolute atomic E-state index is 12.4. The van der Waals surface area contributed by atoms with Crippen LogP contribution in [0.25, 0.3) is 0 Å². The lowest BCUT2D eigenvalue weighted by molar-refractivity contribution is -0.115. The SMILES string of the molecule is CCc1ccccc1N(C(C)=O)c1nc(CNC(C)c2ccc(C(C)C)cc2)cs1. The van der Waals surface area contributed by atoms with Gasteiger partial charge in [0, 0.05) is 24.9 Å². The lowest BCUT2D eigenvalue weighted by atomic mass is 9.99. The van der Waals surface area contributed by atoms with E-state index < -0.39 is 0 Å². The Balaban J connectivity index is 1.71. The largest absolute Gasteiger partial charge is 0.305 e. The fourth-order valence-electron chi connectivity index (χ4n) is 3.46. The Morgan fingerprint density at radius 1 is 1.07 bits per heavy atom. The topological polar surface area (TPSA) is 45.2 Å². The second-order valence-corrected chi connectivity index (χ2v) is 8.72. The van der Waals surface area contributed by atoms with Crippen LogP contribution >= 0.6 is 11.3 Å². The van der Waals surface area contributed by atoms with Crippen molar-refractivity contribution in [3.8, 4) is 0 Å². The summed E-state index contributed by atoms with van der Waals surface area (Å²) in [6.07, 6.45) is 0.868. The molecular formula is C25H31N3OS. The first-order chi connectivity index (χ1) is 14.4. The molecule has 2 aromatic carbocycles. The Morgan fingerprint density at radius 3 is 2.37 bits per heavy atom. The van der Waals surface area contributed by atoms with Crippen LogP contribution in [0.4, 0.5) is 10.8 Å². The Kier molecular flexibility index (Phi) is 7.40. The van der Waals surface area contributed by atoms with Crippen LogP contribution in [0.1, 0.15) is 69.0 Å². The van der Waals surface area contributed by atoms with Crippen molar-refractivity contribution in [2.45, 2.75) is 59.5 Å². The summed E-state index contributed by atoms with van der Waals surface area (Å²) in [5.74, 6) is 0.515. The molecule has 0 saturated heterocycles. The summed E-state index contributed by atoms with van der Waals surface area (Å²) in [6, 6.07) is 17.0. The zero-order chi connectivity index (χ0) is 21.7. The molecular weight excluding hydrogens is 390 g/mol. The highest BCUT2D eigenvalue weighted by molar-refractivity contribution is 7.14. The average molecular weight is 422 g/mol. The Bertz CT molecular complexity index is 978. The fraction of sp³-hybridized carbons (Fsp3) is 0.360. The maximum Gasteiger partial charge on any atom is 0.230 e. The minimum Gasteiger partial charge on any atom is -0.305 e. The average Bonchev–Trinajstić information content (AvgIpc) is 3.20. The molecule has 0 saturated carbocycles. The third-order valence-electron chi connectivity index (χ3n) is 5.35. The molecule has 4 nitrogen and oxygen atoms in total. The monoisotopic (exact) mass is 421 g/mol. The number of carbonyl (C=O) groups is 1. The van der Waals surface area contributed by atoms with E-state index >= 15 is 0 Å². The van der Waals surface area contributed by atoms with Crippen molar-refractivity contribution in [2.24, 2.45) is 0 Å². The number of nitrogens with zero attached hydrogens (tertiary/aromatic N) is 2. The van der Waals surface area contributed by atoms with Gasteiger partial charge in [0.2, 0.25) is 5.91 Å². The molecule has 1 unspecified atom stereocenters. The van der Waals surface area contributed by atoms with Gasteiger partial charge < -0.3 is 5.32 Å². The Hall–Kier alpha value is -2.50. The van der Waals surface area contributed by atoms with Crippen molar-refractivity contribution in [3.05, 3.63) is 76.3 Å². The Labute approximate surface area is 184 Å². The molecule has 3 rings (SSSR count). The quantitative estimate of drug-likeness (QED) is 0.460. The minimum atomic E-state index is -0.0247. The number of carbonyl (C=O) groups excluding carboxylic acids is 1. The van der Waals surface area contributed by atoms with Gasteiger partial charge in [-0.25, -0.2) is 4.98 Å². The minimum absolute atomic E-state index is 0.0247. The van der Waals surface area contributed by atoms with Crippen LogP contribution in [0.3, 0.4) is 0 Å². The first-order valence-corrected chi connectivity index (χ1v) is 11.4. The lowest BCUT2D eigenvalue weighted by Gasteiger charge is -2.21.